The number of pyridine rings is 1. The topological polar surface area (TPSA) is 117 Å². The lowest BCUT2D eigenvalue weighted by molar-refractivity contribution is -0.144. The molecule has 8 heteroatoms. The zero-order valence-corrected chi connectivity index (χ0v) is 16.9. The van der Waals surface area contributed by atoms with Crippen molar-refractivity contribution in [1.29, 1.82) is 0 Å². The molecule has 2 atom stereocenters. The summed E-state index contributed by atoms with van der Waals surface area (Å²) in [6.07, 6.45) is 4.81. The SMILES string of the molecule is O=C(NC[C@@H]1CCCC[C@@H]1C(=O)O)c1ccc2c(c1)C(=O)N(Cc1ccccn1)C2=O. The Hall–Kier alpha value is -3.55. The molecule has 2 aliphatic rings. The number of nitrogens with zero attached hydrogens (tertiary/aromatic N) is 2. The standard InChI is InChI=1S/C23H23N3O5/c27-20(25-12-15-5-1-2-7-17(15)23(30)31)14-8-9-18-19(11-14)22(29)26(21(18)28)13-16-6-3-4-10-24-16/h3-4,6,8-11,15,17H,1-2,5,7,12-13H2,(H,25,27)(H,30,31)/t15-,17-/m0/s1. The Kier molecular flexibility index (Phi) is 5.79. The van der Waals surface area contributed by atoms with Crippen LogP contribution in [-0.2, 0) is 11.3 Å². The van der Waals surface area contributed by atoms with Crippen LogP contribution < -0.4 is 5.32 Å². The summed E-state index contributed by atoms with van der Waals surface area (Å²) >= 11 is 0. The normalized spacial score (nSPS) is 20.5. The number of carboxylic acids is 1. The van der Waals surface area contributed by atoms with Gasteiger partial charge in [-0.1, -0.05) is 18.9 Å². The van der Waals surface area contributed by atoms with E-state index in [2.05, 4.69) is 10.3 Å². The molecule has 4 rings (SSSR count). The summed E-state index contributed by atoms with van der Waals surface area (Å²) in [6, 6.07) is 9.70. The van der Waals surface area contributed by atoms with Crippen molar-refractivity contribution in [1.82, 2.24) is 15.2 Å². The average molecular weight is 421 g/mol. The second-order valence-corrected chi connectivity index (χ2v) is 7.98. The predicted octanol–water partition coefficient (Wildman–Crippen LogP) is 2.50. The fourth-order valence-corrected chi connectivity index (χ4v) is 4.33. The van der Waals surface area contributed by atoms with E-state index in [0.717, 1.165) is 24.2 Å². The van der Waals surface area contributed by atoms with Crippen molar-refractivity contribution in [2.24, 2.45) is 11.8 Å². The summed E-state index contributed by atoms with van der Waals surface area (Å²) in [4.78, 5) is 54.8. The van der Waals surface area contributed by atoms with Crippen molar-refractivity contribution in [3.63, 3.8) is 0 Å². The first-order valence-electron chi connectivity index (χ1n) is 10.4. The number of imide groups is 1. The monoisotopic (exact) mass is 421 g/mol. The van der Waals surface area contributed by atoms with E-state index in [-0.39, 0.29) is 41.6 Å². The number of aromatic nitrogens is 1. The number of nitrogens with one attached hydrogen (secondary N) is 1. The lowest BCUT2D eigenvalue weighted by Gasteiger charge is -2.28. The summed E-state index contributed by atoms with van der Waals surface area (Å²) in [6.45, 7) is 0.332. The van der Waals surface area contributed by atoms with Crippen LogP contribution >= 0.6 is 0 Å². The third-order valence-electron chi connectivity index (χ3n) is 6.03. The maximum absolute atomic E-state index is 12.8. The van der Waals surface area contributed by atoms with Gasteiger partial charge in [0.1, 0.15) is 0 Å². The molecule has 1 aromatic carbocycles. The Morgan fingerprint density at radius 1 is 1.06 bits per heavy atom. The fraction of sp³-hybridized carbons (Fsp3) is 0.348. The number of carbonyl (C=O) groups is 4. The molecule has 1 fully saturated rings. The van der Waals surface area contributed by atoms with E-state index in [0.29, 0.717) is 12.1 Å². The highest BCUT2D eigenvalue weighted by molar-refractivity contribution is 6.22. The molecular formula is C23H23N3O5. The number of carboxylic acid groups (broad SMARTS) is 1. The number of fused-ring (bicyclic) bond motifs is 1. The Labute approximate surface area is 179 Å². The molecule has 1 aliphatic carbocycles. The van der Waals surface area contributed by atoms with Gasteiger partial charge in [-0.05, 0) is 49.1 Å². The molecule has 0 bridgehead atoms. The van der Waals surface area contributed by atoms with Crippen LogP contribution in [0.4, 0.5) is 0 Å². The smallest absolute Gasteiger partial charge is 0.306 e. The third-order valence-corrected chi connectivity index (χ3v) is 6.03. The Bertz CT molecular complexity index is 1040. The molecule has 1 aromatic heterocycles. The van der Waals surface area contributed by atoms with Gasteiger partial charge in [0, 0.05) is 18.3 Å². The van der Waals surface area contributed by atoms with Crippen molar-refractivity contribution >= 4 is 23.7 Å². The van der Waals surface area contributed by atoms with Crippen LogP contribution in [-0.4, -0.2) is 45.2 Å². The van der Waals surface area contributed by atoms with Gasteiger partial charge in [-0.15, -0.1) is 0 Å². The molecule has 1 aliphatic heterocycles. The second-order valence-electron chi connectivity index (χ2n) is 7.98. The summed E-state index contributed by atoms with van der Waals surface area (Å²) < 4.78 is 0. The Morgan fingerprint density at radius 2 is 1.84 bits per heavy atom. The zero-order valence-electron chi connectivity index (χ0n) is 16.9. The molecule has 2 aromatic rings. The number of aliphatic carboxylic acids is 1. The van der Waals surface area contributed by atoms with Gasteiger partial charge in [0.15, 0.2) is 0 Å². The van der Waals surface area contributed by atoms with Crippen molar-refractivity contribution in [3.05, 3.63) is 65.0 Å². The van der Waals surface area contributed by atoms with Crippen molar-refractivity contribution in [3.8, 4) is 0 Å². The van der Waals surface area contributed by atoms with Gasteiger partial charge in [-0.3, -0.25) is 29.1 Å². The summed E-state index contributed by atoms with van der Waals surface area (Å²) in [5.74, 6) is -2.65. The summed E-state index contributed by atoms with van der Waals surface area (Å²) in [5.41, 5.74) is 1.31. The first kappa shape index (κ1) is 20.7. The number of carbonyl (C=O) groups excluding carboxylic acids is 3. The lowest BCUT2D eigenvalue weighted by atomic mass is 9.79. The molecule has 8 nitrogen and oxygen atoms in total. The molecule has 0 spiro atoms. The van der Waals surface area contributed by atoms with E-state index in [1.807, 2.05) is 0 Å². The van der Waals surface area contributed by atoms with Gasteiger partial charge < -0.3 is 10.4 Å². The molecule has 0 saturated heterocycles. The summed E-state index contributed by atoms with van der Waals surface area (Å²) in [7, 11) is 0. The zero-order chi connectivity index (χ0) is 22.0. The van der Waals surface area contributed by atoms with Crippen molar-refractivity contribution < 1.29 is 24.3 Å². The molecular weight excluding hydrogens is 398 g/mol. The average Bonchev–Trinajstić information content (AvgIpc) is 3.02. The third kappa shape index (κ3) is 4.19. The first-order chi connectivity index (χ1) is 15.0. The minimum atomic E-state index is -0.825. The molecule has 3 amide bonds. The minimum absolute atomic E-state index is 0.0625. The molecule has 2 heterocycles. The molecule has 0 unspecified atom stereocenters. The maximum atomic E-state index is 12.8. The molecule has 2 N–H and O–H groups in total. The van der Waals surface area contributed by atoms with Gasteiger partial charge in [-0.2, -0.15) is 0 Å². The highest BCUT2D eigenvalue weighted by atomic mass is 16.4. The van der Waals surface area contributed by atoms with Crippen LogP contribution in [0.2, 0.25) is 0 Å². The van der Waals surface area contributed by atoms with E-state index in [9.17, 15) is 24.3 Å². The van der Waals surface area contributed by atoms with E-state index in [1.165, 1.54) is 18.2 Å². The van der Waals surface area contributed by atoms with E-state index >= 15 is 0 Å². The van der Waals surface area contributed by atoms with Gasteiger partial charge >= 0.3 is 5.97 Å². The van der Waals surface area contributed by atoms with Crippen LogP contribution in [0.25, 0.3) is 0 Å². The summed E-state index contributed by atoms with van der Waals surface area (Å²) in [5, 5.41) is 12.2. The van der Waals surface area contributed by atoms with Crippen LogP contribution in [0.15, 0.2) is 42.6 Å². The molecule has 31 heavy (non-hydrogen) atoms. The second kappa shape index (κ2) is 8.67. The van der Waals surface area contributed by atoms with Crippen LogP contribution in [0.3, 0.4) is 0 Å². The van der Waals surface area contributed by atoms with Gasteiger partial charge in [0.2, 0.25) is 0 Å². The Balaban J connectivity index is 1.45. The largest absolute Gasteiger partial charge is 0.481 e. The number of hydrogen-bond donors (Lipinski definition) is 2. The van der Waals surface area contributed by atoms with Crippen LogP contribution in [0.1, 0.15) is 62.5 Å². The fourth-order valence-electron chi connectivity index (χ4n) is 4.33. The van der Waals surface area contributed by atoms with Gasteiger partial charge in [0.25, 0.3) is 17.7 Å². The van der Waals surface area contributed by atoms with Crippen molar-refractivity contribution in [2.75, 3.05) is 6.54 Å². The lowest BCUT2D eigenvalue weighted by Crippen LogP contribution is -2.37. The number of hydrogen-bond acceptors (Lipinski definition) is 5. The molecule has 1 saturated carbocycles. The van der Waals surface area contributed by atoms with Gasteiger partial charge in [0.05, 0.1) is 29.3 Å². The predicted molar refractivity (Wildman–Crippen MR) is 110 cm³/mol. The number of rotatable bonds is 6. The highest BCUT2D eigenvalue weighted by Crippen LogP contribution is 2.30. The number of benzene rings is 1. The minimum Gasteiger partial charge on any atom is -0.481 e. The quantitative estimate of drug-likeness (QED) is 0.692. The highest BCUT2D eigenvalue weighted by Gasteiger charge is 2.36. The van der Waals surface area contributed by atoms with Crippen LogP contribution in [0.5, 0.6) is 0 Å². The number of amides is 3. The first-order valence-corrected chi connectivity index (χ1v) is 10.4. The maximum Gasteiger partial charge on any atom is 0.306 e. The van der Waals surface area contributed by atoms with E-state index in [1.54, 1.807) is 24.4 Å². The van der Waals surface area contributed by atoms with Crippen molar-refractivity contribution in [2.45, 2.75) is 32.2 Å². The van der Waals surface area contributed by atoms with E-state index < -0.39 is 23.7 Å². The van der Waals surface area contributed by atoms with E-state index in [4.69, 9.17) is 0 Å². The van der Waals surface area contributed by atoms with Crippen LogP contribution in [0, 0.1) is 11.8 Å². The molecule has 0 radical (unpaired) electrons. The Morgan fingerprint density at radius 3 is 2.58 bits per heavy atom. The van der Waals surface area contributed by atoms with Gasteiger partial charge in [-0.25, -0.2) is 0 Å². The molecule has 160 valence electrons.